The molecule has 1 atom stereocenters. The van der Waals surface area contributed by atoms with Crippen molar-refractivity contribution in [1.29, 1.82) is 0 Å². The lowest BCUT2D eigenvalue weighted by Crippen LogP contribution is -2.47. The molecule has 0 radical (unpaired) electrons. The first-order valence-corrected chi connectivity index (χ1v) is 11.5. The van der Waals surface area contributed by atoms with Gasteiger partial charge in [-0.05, 0) is 44.5 Å². The van der Waals surface area contributed by atoms with Gasteiger partial charge in [0.05, 0.1) is 12.7 Å². The Morgan fingerprint density at radius 1 is 1.39 bits per heavy atom. The van der Waals surface area contributed by atoms with E-state index < -0.39 is 13.9 Å². The number of ether oxygens (including phenoxy) is 2. The van der Waals surface area contributed by atoms with Crippen molar-refractivity contribution >= 4 is 14.3 Å². The van der Waals surface area contributed by atoms with Crippen molar-refractivity contribution in [3.63, 3.8) is 0 Å². The van der Waals surface area contributed by atoms with Crippen LogP contribution in [0.2, 0.25) is 18.1 Å². The summed E-state index contributed by atoms with van der Waals surface area (Å²) >= 11 is 0. The smallest absolute Gasteiger partial charge is 0.373 e. The Morgan fingerprint density at radius 3 is 2.52 bits per heavy atom. The normalized spacial score (nSPS) is 21.4. The second-order valence-electron chi connectivity index (χ2n) is 8.50. The third-order valence-corrected chi connectivity index (χ3v) is 9.11. The number of carbonyl (C=O) groups excluding carboxylic acids is 1. The van der Waals surface area contributed by atoms with Crippen molar-refractivity contribution in [1.82, 2.24) is 0 Å². The van der Waals surface area contributed by atoms with Gasteiger partial charge >= 0.3 is 5.97 Å². The van der Waals surface area contributed by atoms with Gasteiger partial charge in [-0.15, -0.1) is 0 Å². The van der Waals surface area contributed by atoms with Crippen LogP contribution in [0.1, 0.15) is 60.8 Å². The maximum atomic E-state index is 12.2. The van der Waals surface area contributed by atoms with Gasteiger partial charge in [0.15, 0.2) is 8.32 Å². The number of rotatable bonds is 6. The maximum absolute atomic E-state index is 12.2. The summed E-state index contributed by atoms with van der Waals surface area (Å²) in [6.45, 7) is 17.6. The van der Waals surface area contributed by atoms with Crippen LogP contribution in [-0.2, 0) is 18.7 Å². The number of unbranched alkanes of at least 4 members (excludes halogenated alkanes) is 1. The lowest BCUT2D eigenvalue weighted by Gasteiger charge is -2.42. The van der Waals surface area contributed by atoms with E-state index >= 15 is 0 Å². The molecule has 0 aliphatic carbocycles. The average molecular weight is 343 g/mol. The van der Waals surface area contributed by atoms with Crippen molar-refractivity contribution in [3.8, 4) is 0 Å². The van der Waals surface area contributed by atoms with E-state index in [-0.39, 0.29) is 17.1 Å². The SMILES string of the molecule is CCCCOC(=O)C1=CC(O[Si](C)(C)C(C)(C)C)CC(C)(C)O1. The molecule has 0 N–H and O–H groups in total. The lowest BCUT2D eigenvalue weighted by molar-refractivity contribution is -0.148. The molecule has 0 aromatic rings. The van der Waals surface area contributed by atoms with Gasteiger partial charge in [0.1, 0.15) is 5.60 Å². The summed E-state index contributed by atoms with van der Waals surface area (Å²) in [5, 5.41) is 0.130. The van der Waals surface area contributed by atoms with Crippen LogP contribution in [0.15, 0.2) is 11.8 Å². The zero-order valence-electron chi connectivity index (χ0n) is 16.1. The molecule has 5 heteroatoms. The van der Waals surface area contributed by atoms with Gasteiger partial charge < -0.3 is 13.9 Å². The minimum absolute atomic E-state index is 0.103. The van der Waals surface area contributed by atoms with E-state index in [9.17, 15) is 4.79 Å². The molecule has 1 aliphatic rings. The van der Waals surface area contributed by atoms with E-state index in [1.165, 1.54) is 0 Å². The largest absolute Gasteiger partial charge is 0.481 e. The first kappa shape index (κ1) is 20.2. The molecule has 1 rings (SSSR count). The van der Waals surface area contributed by atoms with Gasteiger partial charge in [-0.2, -0.15) is 0 Å². The molecule has 0 saturated heterocycles. The van der Waals surface area contributed by atoms with E-state index in [1.54, 1.807) is 6.08 Å². The van der Waals surface area contributed by atoms with Gasteiger partial charge in [-0.3, -0.25) is 0 Å². The Bertz CT molecular complexity index is 446. The van der Waals surface area contributed by atoms with E-state index in [4.69, 9.17) is 13.9 Å². The van der Waals surface area contributed by atoms with Crippen LogP contribution in [-0.4, -0.2) is 32.6 Å². The molecule has 0 amide bonds. The molecule has 1 aliphatic heterocycles. The molecular formula is C18H34O4Si. The van der Waals surface area contributed by atoms with E-state index in [0.717, 1.165) is 19.3 Å². The third kappa shape index (κ3) is 5.96. The van der Waals surface area contributed by atoms with Crippen LogP contribution in [0, 0.1) is 0 Å². The predicted octanol–water partition coefficient (Wildman–Crippen LogP) is 4.80. The quantitative estimate of drug-likeness (QED) is 0.395. The Morgan fingerprint density at radius 2 is 2.00 bits per heavy atom. The number of hydrogen-bond acceptors (Lipinski definition) is 4. The fourth-order valence-corrected chi connectivity index (χ4v) is 3.47. The predicted molar refractivity (Wildman–Crippen MR) is 95.8 cm³/mol. The fourth-order valence-electron chi connectivity index (χ4n) is 2.21. The summed E-state index contributed by atoms with van der Waals surface area (Å²) in [5.74, 6) is -0.0869. The van der Waals surface area contributed by atoms with Crippen LogP contribution >= 0.6 is 0 Å². The van der Waals surface area contributed by atoms with Crippen molar-refractivity contribution in [2.75, 3.05) is 6.61 Å². The Balaban J connectivity index is 2.87. The highest BCUT2D eigenvalue weighted by molar-refractivity contribution is 6.74. The first-order valence-electron chi connectivity index (χ1n) is 8.64. The zero-order chi connectivity index (χ0) is 17.9. The number of hydrogen-bond donors (Lipinski definition) is 0. The van der Waals surface area contributed by atoms with E-state index in [1.807, 2.05) is 13.8 Å². The van der Waals surface area contributed by atoms with Crippen molar-refractivity contribution in [2.45, 2.75) is 90.6 Å². The minimum Gasteiger partial charge on any atom is -0.481 e. The summed E-state index contributed by atoms with van der Waals surface area (Å²) in [6.07, 6.45) is 4.31. The second-order valence-corrected chi connectivity index (χ2v) is 13.3. The molecule has 1 heterocycles. The Labute approximate surface area is 142 Å². The molecule has 0 spiro atoms. The summed E-state index contributed by atoms with van der Waals surface area (Å²) in [7, 11) is -1.90. The van der Waals surface area contributed by atoms with Gasteiger partial charge in [0.25, 0.3) is 0 Å². The van der Waals surface area contributed by atoms with Crippen LogP contribution < -0.4 is 0 Å². The third-order valence-electron chi connectivity index (χ3n) is 4.60. The van der Waals surface area contributed by atoms with Gasteiger partial charge in [0.2, 0.25) is 5.76 Å². The van der Waals surface area contributed by atoms with Crippen molar-refractivity contribution in [3.05, 3.63) is 11.8 Å². The number of carbonyl (C=O) groups is 1. The number of esters is 1. The van der Waals surface area contributed by atoms with Gasteiger partial charge in [-0.1, -0.05) is 34.1 Å². The highest BCUT2D eigenvalue weighted by atomic mass is 28.4. The highest BCUT2D eigenvalue weighted by Gasteiger charge is 2.42. The van der Waals surface area contributed by atoms with Gasteiger partial charge in [0, 0.05) is 6.42 Å². The Hall–Kier alpha value is -0.813. The van der Waals surface area contributed by atoms with Crippen molar-refractivity contribution in [2.24, 2.45) is 0 Å². The molecule has 0 fully saturated rings. The topological polar surface area (TPSA) is 44.8 Å². The molecule has 0 bridgehead atoms. The van der Waals surface area contributed by atoms with E-state index in [2.05, 4.69) is 40.8 Å². The van der Waals surface area contributed by atoms with Crippen molar-refractivity contribution < 1.29 is 18.7 Å². The molecular weight excluding hydrogens is 308 g/mol. The molecule has 0 aromatic heterocycles. The summed E-state index contributed by atoms with van der Waals surface area (Å²) in [6, 6.07) is 0. The maximum Gasteiger partial charge on any atom is 0.373 e. The second kappa shape index (κ2) is 7.39. The van der Waals surface area contributed by atoms with Crippen LogP contribution in [0.3, 0.4) is 0 Å². The van der Waals surface area contributed by atoms with Gasteiger partial charge in [-0.25, -0.2) is 4.79 Å². The monoisotopic (exact) mass is 342 g/mol. The molecule has 0 aromatic carbocycles. The standard InChI is InChI=1S/C18H34O4Si/c1-9-10-11-20-16(19)15-12-14(13-18(5,6)21-15)22-23(7,8)17(2,3)4/h12,14H,9-11,13H2,1-8H3. The lowest BCUT2D eigenvalue weighted by atomic mass is 9.97. The average Bonchev–Trinajstić information content (AvgIpc) is 2.34. The summed E-state index contributed by atoms with van der Waals surface area (Å²) < 4.78 is 17.6. The molecule has 0 saturated carbocycles. The highest BCUT2D eigenvalue weighted by Crippen LogP contribution is 2.39. The summed E-state index contributed by atoms with van der Waals surface area (Å²) in [4.78, 5) is 12.2. The van der Waals surface area contributed by atoms with Crippen LogP contribution in [0.4, 0.5) is 0 Å². The molecule has 134 valence electrons. The van der Waals surface area contributed by atoms with E-state index in [0.29, 0.717) is 12.4 Å². The zero-order valence-corrected chi connectivity index (χ0v) is 17.1. The fraction of sp³-hybridized carbons (Fsp3) is 0.833. The summed E-state index contributed by atoms with van der Waals surface area (Å²) in [5.41, 5.74) is -0.430. The first-order chi connectivity index (χ1) is 10.4. The molecule has 1 unspecified atom stereocenters. The molecule has 23 heavy (non-hydrogen) atoms. The van der Waals surface area contributed by atoms with Crippen LogP contribution in [0.25, 0.3) is 0 Å². The van der Waals surface area contributed by atoms with Crippen LogP contribution in [0.5, 0.6) is 0 Å². The minimum atomic E-state index is -1.90. The molecule has 4 nitrogen and oxygen atoms in total. The Kier molecular flexibility index (Phi) is 6.50.